The third kappa shape index (κ3) is 3.75. The lowest BCUT2D eigenvalue weighted by atomic mass is 9.67. The third-order valence-corrected chi connectivity index (χ3v) is 6.06. The van der Waals surface area contributed by atoms with Crippen molar-refractivity contribution in [1.82, 2.24) is 0 Å². The van der Waals surface area contributed by atoms with Gasteiger partial charge in [-0.1, -0.05) is 61.0 Å². The Kier molecular flexibility index (Phi) is 5.25. The monoisotopic (exact) mass is 336 g/mol. The van der Waals surface area contributed by atoms with Gasteiger partial charge < -0.3 is 0 Å². The highest BCUT2D eigenvalue weighted by molar-refractivity contribution is 6.42. The summed E-state index contributed by atoms with van der Waals surface area (Å²) in [4.78, 5) is 12.5. The molecule has 0 aromatic heterocycles. The maximum absolute atomic E-state index is 12.5. The molecule has 2 fully saturated rings. The fourth-order valence-corrected chi connectivity index (χ4v) is 4.37. The number of carbonyl (C=O) groups excluding carboxylic acids is 1. The van der Waals surface area contributed by atoms with Gasteiger partial charge in [0, 0.05) is 5.92 Å². The van der Waals surface area contributed by atoms with Gasteiger partial charge in [-0.15, -0.1) is 0 Å². The Morgan fingerprint density at radius 1 is 1.00 bits per heavy atom. The van der Waals surface area contributed by atoms with Gasteiger partial charge in [0.2, 0.25) is 0 Å². The average molecular weight is 337 g/mol. The number of hydrogen-bond donors (Lipinski definition) is 0. The molecule has 0 heterocycles. The van der Waals surface area contributed by atoms with Crippen LogP contribution >= 0.6 is 23.2 Å². The van der Waals surface area contributed by atoms with Crippen LogP contribution in [0.2, 0.25) is 10.0 Å². The highest BCUT2D eigenvalue weighted by atomic mass is 35.5. The molecule has 0 aliphatic heterocycles. The molecule has 0 amide bonds. The second-order valence-corrected chi connectivity index (χ2v) is 7.54. The summed E-state index contributed by atoms with van der Waals surface area (Å²) in [5.74, 6) is 2.17. The molecule has 1 nitrogen and oxygen atoms in total. The van der Waals surface area contributed by atoms with Crippen LogP contribution in [0, 0.1) is 17.8 Å². The summed E-state index contributed by atoms with van der Waals surface area (Å²) in [6.07, 6.45) is 12.4. The number of allylic oxidation sites excluding steroid dienone is 1. The van der Waals surface area contributed by atoms with Gasteiger partial charge in [0.1, 0.15) is 0 Å². The molecule has 0 spiro atoms. The van der Waals surface area contributed by atoms with E-state index in [9.17, 15) is 4.79 Å². The van der Waals surface area contributed by atoms with Crippen molar-refractivity contribution >= 4 is 35.1 Å². The van der Waals surface area contributed by atoms with Crippen molar-refractivity contribution in [3.8, 4) is 0 Å². The predicted molar refractivity (Wildman–Crippen MR) is 93.3 cm³/mol. The van der Waals surface area contributed by atoms with Crippen LogP contribution < -0.4 is 0 Å². The smallest absolute Gasteiger partial charge is 0.158 e. The van der Waals surface area contributed by atoms with Gasteiger partial charge in [-0.2, -0.15) is 0 Å². The summed E-state index contributed by atoms with van der Waals surface area (Å²) in [6, 6.07) is 5.45. The van der Waals surface area contributed by atoms with Gasteiger partial charge in [-0.3, -0.25) is 4.79 Å². The number of rotatable bonds is 3. The Bertz CT molecular complexity index is 579. The average Bonchev–Trinajstić information content (AvgIpc) is 2.55. The van der Waals surface area contributed by atoms with Crippen LogP contribution in [0.25, 0.3) is 6.08 Å². The highest BCUT2D eigenvalue weighted by Crippen LogP contribution is 2.43. The maximum Gasteiger partial charge on any atom is 0.158 e. The first-order valence-electron chi connectivity index (χ1n) is 8.30. The second-order valence-electron chi connectivity index (χ2n) is 6.72. The van der Waals surface area contributed by atoms with Gasteiger partial charge in [-0.05, 0) is 54.9 Å². The van der Waals surface area contributed by atoms with E-state index in [-0.39, 0.29) is 11.7 Å². The molecule has 1 aromatic rings. The lowest BCUT2D eigenvalue weighted by Gasteiger charge is -2.38. The van der Waals surface area contributed by atoms with Gasteiger partial charge >= 0.3 is 0 Å². The Morgan fingerprint density at radius 2 is 1.77 bits per heavy atom. The van der Waals surface area contributed by atoms with Gasteiger partial charge in [0.15, 0.2) is 5.78 Å². The number of carbonyl (C=O) groups is 1. The normalized spacial score (nSPS) is 28.5. The molecule has 1 aromatic carbocycles. The number of hydrogen-bond acceptors (Lipinski definition) is 1. The summed E-state index contributed by atoms with van der Waals surface area (Å²) >= 11 is 11.9. The molecule has 2 saturated carbocycles. The van der Waals surface area contributed by atoms with Crippen molar-refractivity contribution < 1.29 is 4.79 Å². The van der Waals surface area contributed by atoms with Crippen molar-refractivity contribution in [3.63, 3.8) is 0 Å². The standard InChI is InChI=1S/C19H22Cl2O/c20-17-9-5-13(11-18(17)21)6-10-19(22)16-8-7-14-3-1-2-4-15(14)12-16/h5-6,9-11,14-16H,1-4,7-8,12H2/b10-6+/t14-,15+,16-/m0/s1. The van der Waals surface area contributed by atoms with Crippen LogP contribution in [-0.2, 0) is 4.79 Å². The van der Waals surface area contributed by atoms with E-state index >= 15 is 0 Å². The number of ketones is 1. The van der Waals surface area contributed by atoms with E-state index < -0.39 is 0 Å². The largest absolute Gasteiger partial charge is 0.295 e. The van der Waals surface area contributed by atoms with E-state index in [0.717, 1.165) is 30.2 Å². The first kappa shape index (κ1) is 16.1. The summed E-state index contributed by atoms with van der Waals surface area (Å²) in [6.45, 7) is 0. The van der Waals surface area contributed by atoms with Crippen molar-refractivity contribution in [2.75, 3.05) is 0 Å². The number of fused-ring (bicyclic) bond motifs is 1. The molecular formula is C19H22Cl2O. The minimum Gasteiger partial charge on any atom is -0.295 e. The molecule has 118 valence electrons. The number of benzene rings is 1. The molecule has 22 heavy (non-hydrogen) atoms. The van der Waals surface area contributed by atoms with Crippen LogP contribution in [0.5, 0.6) is 0 Å². The molecule has 0 N–H and O–H groups in total. The highest BCUT2D eigenvalue weighted by Gasteiger charge is 2.34. The predicted octanol–water partition coefficient (Wildman–Crippen LogP) is 6.18. The second kappa shape index (κ2) is 7.19. The van der Waals surface area contributed by atoms with Crippen LogP contribution in [0.1, 0.15) is 50.5 Å². The zero-order chi connectivity index (χ0) is 15.5. The van der Waals surface area contributed by atoms with Crippen LogP contribution in [0.4, 0.5) is 0 Å². The summed E-state index contributed by atoms with van der Waals surface area (Å²) in [5, 5.41) is 1.07. The fraction of sp³-hybridized carbons (Fsp3) is 0.526. The SMILES string of the molecule is O=C(/C=C/c1ccc(Cl)c(Cl)c1)[C@H]1CC[C@@H]2CCCC[C@@H]2C1. The molecule has 3 heteroatoms. The fourth-order valence-electron chi connectivity index (χ4n) is 4.06. The summed E-state index contributed by atoms with van der Waals surface area (Å²) in [7, 11) is 0. The molecule has 0 bridgehead atoms. The van der Waals surface area contributed by atoms with Gasteiger partial charge in [0.05, 0.1) is 10.0 Å². The van der Waals surface area contributed by atoms with Crippen molar-refractivity contribution in [1.29, 1.82) is 0 Å². The molecular weight excluding hydrogens is 315 g/mol. The molecule has 0 saturated heterocycles. The first-order chi connectivity index (χ1) is 10.6. The number of halogens is 2. The van der Waals surface area contributed by atoms with Crippen LogP contribution in [-0.4, -0.2) is 5.78 Å². The first-order valence-corrected chi connectivity index (χ1v) is 9.06. The van der Waals surface area contributed by atoms with E-state index in [2.05, 4.69) is 0 Å². The van der Waals surface area contributed by atoms with Gasteiger partial charge in [0.25, 0.3) is 0 Å². The molecule has 2 aliphatic rings. The lowest BCUT2D eigenvalue weighted by Crippen LogP contribution is -2.30. The van der Waals surface area contributed by atoms with Crippen LogP contribution in [0.15, 0.2) is 24.3 Å². The quantitative estimate of drug-likeness (QED) is 0.602. The summed E-state index contributed by atoms with van der Waals surface area (Å²) in [5.41, 5.74) is 0.925. The van der Waals surface area contributed by atoms with E-state index in [4.69, 9.17) is 23.2 Å². The van der Waals surface area contributed by atoms with Crippen molar-refractivity contribution in [3.05, 3.63) is 39.9 Å². The zero-order valence-electron chi connectivity index (χ0n) is 12.7. The molecule has 3 atom stereocenters. The maximum atomic E-state index is 12.5. The summed E-state index contributed by atoms with van der Waals surface area (Å²) < 4.78 is 0. The van der Waals surface area contributed by atoms with E-state index in [1.165, 1.54) is 32.1 Å². The minimum atomic E-state index is 0.221. The molecule has 0 radical (unpaired) electrons. The van der Waals surface area contributed by atoms with Crippen LogP contribution in [0.3, 0.4) is 0 Å². The lowest BCUT2D eigenvalue weighted by molar-refractivity contribution is -0.120. The van der Waals surface area contributed by atoms with Crippen molar-refractivity contribution in [2.45, 2.75) is 44.9 Å². The molecule has 3 rings (SSSR count). The van der Waals surface area contributed by atoms with Crippen molar-refractivity contribution in [2.24, 2.45) is 17.8 Å². The zero-order valence-corrected chi connectivity index (χ0v) is 14.2. The minimum absolute atomic E-state index is 0.221. The van der Waals surface area contributed by atoms with E-state index in [1.807, 2.05) is 12.1 Å². The third-order valence-electron chi connectivity index (χ3n) is 5.33. The molecule has 0 unspecified atom stereocenters. The Morgan fingerprint density at radius 3 is 2.55 bits per heavy atom. The molecule has 2 aliphatic carbocycles. The van der Waals surface area contributed by atoms with Gasteiger partial charge in [-0.25, -0.2) is 0 Å². The Balaban J connectivity index is 1.61. The van der Waals surface area contributed by atoms with E-state index in [0.29, 0.717) is 10.0 Å². The topological polar surface area (TPSA) is 17.1 Å². The Labute approximate surface area is 142 Å². The van der Waals surface area contributed by atoms with E-state index in [1.54, 1.807) is 18.2 Å². The Hall–Kier alpha value is -0.790.